The number of hydrogen-bond donors (Lipinski definition) is 2. The van der Waals surface area contributed by atoms with Crippen molar-refractivity contribution in [2.24, 2.45) is 4.99 Å². The number of ether oxygens (including phenoxy) is 1. The fraction of sp³-hybridized carbons (Fsp3) is 0.391. The number of rotatable bonds is 8. The molecule has 0 aliphatic carbocycles. The molecule has 6 nitrogen and oxygen atoms in total. The number of hydrogen-bond acceptors (Lipinski definition) is 3. The van der Waals surface area contributed by atoms with E-state index in [9.17, 15) is 18.0 Å². The molecular formula is C23H28F3IN4O2. The highest BCUT2D eigenvalue weighted by molar-refractivity contribution is 14.0. The van der Waals surface area contributed by atoms with Crippen LogP contribution in [0.1, 0.15) is 29.5 Å². The molecule has 1 aliphatic heterocycles. The number of halogens is 4. The first-order valence-electron chi connectivity index (χ1n) is 10.4. The maximum Gasteiger partial charge on any atom is 0.422 e. The fourth-order valence-electron chi connectivity index (χ4n) is 3.42. The maximum atomic E-state index is 12.2. The van der Waals surface area contributed by atoms with Crippen LogP contribution in [0.4, 0.5) is 13.2 Å². The number of likely N-dealkylation sites (tertiary alicyclic amines) is 1. The largest absolute Gasteiger partial charge is 0.484 e. The third kappa shape index (κ3) is 8.75. The van der Waals surface area contributed by atoms with Gasteiger partial charge in [0.25, 0.3) is 0 Å². The van der Waals surface area contributed by atoms with Crippen molar-refractivity contribution in [3.8, 4) is 5.75 Å². The summed E-state index contributed by atoms with van der Waals surface area (Å²) in [5.41, 5.74) is 3.06. The van der Waals surface area contributed by atoms with E-state index in [1.54, 1.807) is 19.2 Å². The van der Waals surface area contributed by atoms with E-state index in [2.05, 4.69) is 15.6 Å². The second-order valence-corrected chi connectivity index (χ2v) is 7.51. The highest BCUT2D eigenvalue weighted by atomic mass is 127. The first-order valence-corrected chi connectivity index (χ1v) is 10.4. The molecule has 1 fully saturated rings. The number of nitrogens with one attached hydrogen (secondary N) is 2. The van der Waals surface area contributed by atoms with Gasteiger partial charge >= 0.3 is 6.18 Å². The SMILES string of the molecule is CN=C(NCc1ccc(OCC(F)(F)F)cc1)NCc1ccccc1CN1CCCC1=O.I. The van der Waals surface area contributed by atoms with Crippen molar-refractivity contribution in [1.29, 1.82) is 0 Å². The number of guanidine groups is 1. The zero-order chi connectivity index (χ0) is 23.0. The van der Waals surface area contributed by atoms with Crippen LogP contribution in [-0.2, 0) is 24.4 Å². The van der Waals surface area contributed by atoms with Crippen molar-refractivity contribution in [2.45, 2.75) is 38.7 Å². The predicted octanol–water partition coefficient (Wildman–Crippen LogP) is 4.23. The standard InChI is InChI=1S/C23H27F3N4O2.HI/c1-27-22(28-13-17-8-10-20(11-9-17)32-16-23(24,25)26)29-14-18-5-2-3-6-19(18)15-30-12-4-7-21(30)31;/h2-3,5-6,8-11H,4,7,12-16H2,1H3,(H2,27,28,29);1H. The average molecular weight is 576 g/mol. The minimum absolute atomic E-state index is 0. The Labute approximate surface area is 208 Å². The van der Waals surface area contributed by atoms with Gasteiger partial charge in [-0.25, -0.2) is 0 Å². The number of aliphatic imine (C=N–C) groups is 1. The fourth-order valence-corrected chi connectivity index (χ4v) is 3.42. The second kappa shape index (κ2) is 12.7. The van der Waals surface area contributed by atoms with Crippen LogP contribution < -0.4 is 15.4 Å². The van der Waals surface area contributed by atoms with Crippen LogP contribution in [0.2, 0.25) is 0 Å². The number of benzene rings is 2. The van der Waals surface area contributed by atoms with Crippen LogP contribution in [0.5, 0.6) is 5.75 Å². The number of amides is 1. The van der Waals surface area contributed by atoms with E-state index in [0.717, 1.165) is 29.7 Å². The molecule has 1 saturated heterocycles. The molecule has 2 aromatic rings. The van der Waals surface area contributed by atoms with Crippen LogP contribution in [0.25, 0.3) is 0 Å². The van der Waals surface area contributed by atoms with Crippen LogP contribution in [0.3, 0.4) is 0 Å². The van der Waals surface area contributed by atoms with Gasteiger partial charge in [-0.15, -0.1) is 24.0 Å². The summed E-state index contributed by atoms with van der Waals surface area (Å²) in [6.45, 7) is 1.08. The molecule has 10 heteroatoms. The molecular weight excluding hydrogens is 548 g/mol. The molecule has 1 amide bonds. The van der Waals surface area contributed by atoms with Crippen molar-refractivity contribution >= 4 is 35.8 Å². The summed E-state index contributed by atoms with van der Waals surface area (Å²) in [6.07, 6.45) is -2.83. The minimum atomic E-state index is -4.36. The Morgan fingerprint density at radius 1 is 1.06 bits per heavy atom. The highest BCUT2D eigenvalue weighted by Gasteiger charge is 2.28. The topological polar surface area (TPSA) is 66.0 Å². The molecule has 0 atom stereocenters. The van der Waals surface area contributed by atoms with Gasteiger partial charge in [0.2, 0.25) is 5.91 Å². The van der Waals surface area contributed by atoms with Gasteiger partial charge in [0.05, 0.1) is 0 Å². The molecule has 1 heterocycles. The summed E-state index contributed by atoms with van der Waals surface area (Å²) in [7, 11) is 1.66. The Bertz CT molecular complexity index is 936. The lowest BCUT2D eigenvalue weighted by molar-refractivity contribution is -0.153. The molecule has 0 unspecified atom stereocenters. The Hall–Kier alpha value is -2.50. The van der Waals surface area contributed by atoms with E-state index >= 15 is 0 Å². The van der Waals surface area contributed by atoms with Gasteiger partial charge < -0.3 is 20.3 Å². The summed E-state index contributed by atoms with van der Waals surface area (Å²) in [4.78, 5) is 18.0. The van der Waals surface area contributed by atoms with Gasteiger partial charge in [-0.2, -0.15) is 13.2 Å². The van der Waals surface area contributed by atoms with Crippen molar-refractivity contribution in [3.63, 3.8) is 0 Å². The first-order chi connectivity index (χ1) is 15.3. The molecule has 0 aromatic heterocycles. The van der Waals surface area contributed by atoms with Gasteiger partial charge in [-0.1, -0.05) is 36.4 Å². The predicted molar refractivity (Wildman–Crippen MR) is 132 cm³/mol. The smallest absolute Gasteiger partial charge is 0.422 e. The number of carbonyl (C=O) groups is 1. The summed E-state index contributed by atoms with van der Waals surface area (Å²) in [5, 5.41) is 6.45. The Morgan fingerprint density at radius 3 is 2.33 bits per heavy atom. The first kappa shape index (κ1) is 26.7. The molecule has 3 rings (SSSR count). The summed E-state index contributed by atoms with van der Waals surface area (Å²) in [6, 6.07) is 14.4. The lowest BCUT2D eigenvalue weighted by Gasteiger charge is -2.19. The molecule has 1 aliphatic rings. The van der Waals surface area contributed by atoms with Crippen LogP contribution in [0.15, 0.2) is 53.5 Å². The van der Waals surface area contributed by atoms with Crippen LogP contribution in [-0.4, -0.2) is 43.1 Å². The lowest BCUT2D eigenvalue weighted by Crippen LogP contribution is -2.36. The molecule has 33 heavy (non-hydrogen) atoms. The van der Waals surface area contributed by atoms with Crippen molar-refractivity contribution in [1.82, 2.24) is 15.5 Å². The zero-order valence-electron chi connectivity index (χ0n) is 18.3. The van der Waals surface area contributed by atoms with Crippen LogP contribution in [0, 0.1) is 0 Å². The van der Waals surface area contributed by atoms with Crippen molar-refractivity contribution in [3.05, 3.63) is 65.2 Å². The summed E-state index contributed by atoms with van der Waals surface area (Å²) in [5.74, 6) is 0.955. The van der Waals surface area contributed by atoms with E-state index in [4.69, 9.17) is 4.74 Å². The van der Waals surface area contributed by atoms with Crippen molar-refractivity contribution < 1.29 is 22.7 Å². The van der Waals surface area contributed by atoms with Gasteiger partial charge in [0.15, 0.2) is 12.6 Å². The molecule has 0 radical (unpaired) electrons. The molecule has 2 N–H and O–H groups in total. The Morgan fingerprint density at radius 2 is 1.73 bits per heavy atom. The van der Waals surface area contributed by atoms with Gasteiger partial charge in [0.1, 0.15) is 5.75 Å². The number of alkyl halides is 3. The highest BCUT2D eigenvalue weighted by Crippen LogP contribution is 2.19. The second-order valence-electron chi connectivity index (χ2n) is 7.51. The van der Waals surface area contributed by atoms with E-state index in [0.29, 0.717) is 32.0 Å². The number of carbonyl (C=O) groups excluding carboxylic acids is 1. The van der Waals surface area contributed by atoms with Crippen molar-refractivity contribution in [2.75, 3.05) is 20.2 Å². The maximum absolute atomic E-state index is 12.2. The minimum Gasteiger partial charge on any atom is -0.484 e. The quantitative estimate of drug-likeness (QED) is 0.281. The Balaban J connectivity index is 0.00000385. The van der Waals surface area contributed by atoms with E-state index < -0.39 is 12.8 Å². The molecule has 0 saturated carbocycles. The Kier molecular flexibility index (Phi) is 10.3. The lowest BCUT2D eigenvalue weighted by atomic mass is 10.1. The molecule has 180 valence electrons. The summed E-state index contributed by atoms with van der Waals surface area (Å²) < 4.78 is 41.4. The third-order valence-electron chi connectivity index (χ3n) is 5.11. The van der Waals surface area contributed by atoms with Crippen LogP contribution >= 0.6 is 24.0 Å². The van der Waals surface area contributed by atoms with E-state index in [1.165, 1.54) is 12.1 Å². The number of nitrogens with zero attached hydrogens (tertiary/aromatic N) is 2. The molecule has 2 aromatic carbocycles. The summed E-state index contributed by atoms with van der Waals surface area (Å²) >= 11 is 0. The normalized spacial score (nSPS) is 14.1. The average Bonchev–Trinajstić information content (AvgIpc) is 3.18. The van der Waals surface area contributed by atoms with E-state index in [-0.39, 0.29) is 35.6 Å². The van der Waals surface area contributed by atoms with Gasteiger partial charge in [-0.05, 0) is 35.2 Å². The third-order valence-corrected chi connectivity index (χ3v) is 5.11. The van der Waals surface area contributed by atoms with Gasteiger partial charge in [0, 0.05) is 39.6 Å². The molecule has 0 spiro atoms. The zero-order valence-corrected chi connectivity index (χ0v) is 20.7. The van der Waals surface area contributed by atoms with Gasteiger partial charge in [-0.3, -0.25) is 9.79 Å². The van der Waals surface area contributed by atoms with E-state index in [1.807, 2.05) is 29.2 Å². The monoisotopic (exact) mass is 576 g/mol. The molecule has 0 bridgehead atoms.